The molecule has 172 valence electrons. The van der Waals surface area contributed by atoms with Gasteiger partial charge in [0.25, 0.3) is 5.92 Å². The van der Waals surface area contributed by atoms with Gasteiger partial charge in [0.05, 0.1) is 18.5 Å². The normalized spacial score (nSPS) is 31.6. The molecular formula is C18H24F3N5O4S. The van der Waals surface area contributed by atoms with Gasteiger partial charge in [0.1, 0.15) is 29.5 Å². The highest BCUT2D eigenvalue weighted by Gasteiger charge is 2.49. The van der Waals surface area contributed by atoms with Crippen molar-refractivity contribution in [1.29, 1.82) is 5.26 Å². The molecular weight excluding hydrogens is 439 g/mol. The number of aromatic nitrogens is 2. The molecule has 31 heavy (non-hydrogen) atoms. The molecule has 2 heterocycles. The number of anilines is 1. The average Bonchev–Trinajstić information content (AvgIpc) is 2.64. The van der Waals surface area contributed by atoms with Gasteiger partial charge in [0.15, 0.2) is 0 Å². The zero-order valence-corrected chi connectivity index (χ0v) is 17.9. The highest BCUT2D eigenvalue weighted by atomic mass is 32.2. The van der Waals surface area contributed by atoms with Gasteiger partial charge in [-0.25, -0.2) is 26.6 Å². The van der Waals surface area contributed by atoms with E-state index in [1.54, 1.807) is 0 Å². The molecule has 1 aliphatic heterocycles. The van der Waals surface area contributed by atoms with Crippen molar-refractivity contribution in [2.24, 2.45) is 0 Å². The lowest BCUT2D eigenvalue weighted by Crippen LogP contribution is -2.51. The summed E-state index contributed by atoms with van der Waals surface area (Å²) in [7, 11) is -3.51. The highest BCUT2D eigenvalue weighted by molar-refractivity contribution is 7.88. The molecule has 1 aromatic heterocycles. The maximum atomic E-state index is 14.5. The molecule has 1 aromatic rings. The standard InChI is InChI=1S/C18H24F3N5O4S/c1-17(27)10-18(20,21)5-3-14(17)30-15-11(7-22)8-23-16(25-15)24-13-4-6-26(9-12(13)19)31(2,28)29/h8,12-14,27H,3-6,9-10H2,1-2H3,(H,23,24,25). The fourth-order valence-electron chi connectivity index (χ4n) is 3.81. The average molecular weight is 463 g/mol. The fourth-order valence-corrected chi connectivity index (χ4v) is 4.66. The molecule has 1 saturated heterocycles. The first-order chi connectivity index (χ1) is 14.3. The molecule has 0 amide bonds. The molecule has 0 radical (unpaired) electrons. The van der Waals surface area contributed by atoms with Gasteiger partial charge in [-0.1, -0.05) is 0 Å². The van der Waals surface area contributed by atoms with Gasteiger partial charge >= 0.3 is 0 Å². The second-order valence-corrected chi connectivity index (χ2v) is 10.2. The Morgan fingerprint density at radius 3 is 2.71 bits per heavy atom. The highest BCUT2D eigenvalue weighted by Crippen LogP contribution is 2.40. The minimum absolute atomic E-state index is 0.0600. The van der Waals surface area contributed by atoms with Crippen LogP contribution in [0.5, 0.6) is 5.88 Å². The predicted octanol–water partition coefficient (Wildman–Crippen LogP) is 1.45. The third kappa shape index (κ3) is 5.55. The van der Waals surface area contributed by atoms with E-state index >= 15 is 0 Å². The van der Waals surface area contributed by atoms with E-state index in [0.29, 0.717) is 0 Å². The molecule has 1 saturated carbocycles. The molecule has 2 fully saturated rings. The van der Waals surface area contributed by atoms with Crippen LogP contribution in [0.2, 0.25) is 0 Å². The number of nitrogens with zero attached hydrogens (tertiary/aromatic N) is 4. The van der Waals surface area contributed by atoms with Crippen LogP contribution in [0.1, 0.15) is 38.2 Å². The van der Waals surface area contributed by atoms with Crippen molar-refractivity contribution in [2.75, 3.05) is 24.7 Å². The monoisotopic (exact) mass is 463 g/mol. The number of rotatable bonds is 5. The van der Waals surface area contributed by atoms with Gasteiger partial charge in [-0.15, -0.1) is 0 Å². The number of nitrogens with one attached hydrogen (secondary N) is 1. The van der Waals surface area contributed by atoms with Crippen LogP contribution in [-0.2, 0) is 10.0 Å². The van der Waals surface area contributed by atoms with Crippen molar-refractivity contribution in [3.05, 3.63) is 11.8 Å². The van der Waals surface area contributed by atoms with E-state index in [9.17, 15) is 32.0 Å². The lowest BCUT2D eigenvalue weighted by Gasteiger charge is -2.40. The number of ether oxygens (including phenoxy) is 1. The lowest BCUT2D eigenvalue weighted by atomic mass is 9.81. The number of aliphatic hydroxyl groups is 1. The Labute approximate surface area is 178 Å². The van der Waals surface area contributed by atoms with Gasteiger partial charge in [0, 0.05) is 25.9 Å². The molecule has 0 aromatic carbocycles. The Kier molecular flexibility index (Phi) is 6.37. The number of piperidine rings is 1. The summed E-state index contributed by atoms with van der Waals surface area (Å²) < 4.78 is 71.6. The topological polar surface area (TPSA) is 128 Å². The summed E-state index contributed by atoms with van der Waals surface area (Å²) in [6.07, 6.45) is -1.62. The van der Waals surface area contributed by atoms with Crippen LogP contribution in [-0.4, -0.2) is 77.0 Å². The van der Waals surface area contributed by atoms with Crippen LogP contribution in [0.25, 0.3) is 0 Å². The summed E-state index contributed by atoms with van der Waals surface area (Å²) in [5.41, 5.74) is -1.91. The van der Waals surface area contributed by atoms with Crippen molar-refractivity contribution in [3.8, 4) is 11.9 Å². The van der Waals surface area contributed by atoms with Crippen LogP contribution in [0.4, 0.5) is 19.1 Å². The summed E-state index contributed by atoms with van der Waals surface area (Å²) in [5.74, 6) is -3.29. The van der Waals surface area contributed by atoms with E-state index in [4.69, 9.17) is 4.74 Å². The largest absolute Gasteiger partial charge is 0.470 e. The SMILES string of the molecule is CC1(O)CC(F)(F)CCC1Oc1nc(NC2CCN(S(C)(=O)=O)CC2F)ncc1C#N. The number of halogens is 3. The summed E-state index contributed by atoms with van der Waals surface area (Å²) in [5, 5.41) is 22.5. The van der Waals surface area contributed by atoms with Gasteiger partial charge in [-0.2, -0.15) is 14.6 Å². The van der Waals surface area contributed by atoms with Crippen molar-refractivity contribution >= 4 is 16.0 Å². The van der Waals surface area contributed by atoms with Crippen LogP contribution in [0.3, 0.4) is 0 Å². The van der Waals surface area contributed by atoms with Gasteiger partial charge < -0.3 is 15.2 Å². The number of alkyl halides is 3. The van der Waals surface area contributed by atoms with E-state index in [2.05, 4.69) is 15.3 Å². The molecule has 0 bridgehead atoms. The van der Waals surface area contributed by atoms with Gasteiger partial charge in [0.2, 0.25) is 21.9 Å². The molecule has 0 spiro atoms. The van der Waals surface area contributed by atoms with Crippen LogP contribution in [0, 0.1) is 11.3 Å². The minimum Gasteiger partial charge on any atom is -0.470 e. The molecule has 3 rings (SSSR count). The van der Waals surface area contributed by atoms with Crippen molar-refractivity contribution in [1.82, 2.24) is 14.3 Å². The molecule has 2 N–H and O–H groups in total. The van der Waals surface area contributed by atoms with Crippen LogP contribution < -0.4 is 10.1 Å². The molecule has 4 unspecified atom stereocenters. The van der Waals surface area contributed by atoms with Crippen molar-refractivity contribution in [2.45, 2.75) is 62.4 Å². The zero-order valence-electron chi connectivity index (χ0n) is 17.1. The van der Waals surface area contributed by atoms with Crippen molar-refractivity contribution < 1.29 is 31.4 Å². The van der Waals surface area contributed by atoms with Gasteiger partial charge in [-0.3, -0.25) is 0 Å². The second-order valence-electron chi connectivity index (χ2n) is 8.24. The molecule has 1 aliphatic carbocycles. The first-order valence-electron chi connectivity index (χ1n) is 9.70. The Hall–Kier alpha value is -2.17. The minimum atomic E-state index is -3.51. The van der Waals surface area contributed by atoms with E-state index in [0.717, 1.165) is 16.8 Å². The molecule has 13 heteroatoms. The van der Waals surface area contributed by atoms with Crippen LogP contribution in [0.15, 0.2) is 6.20 Å². The Morgan fingerprint density at radius 1 is 1.42 bits per heavy atom. The number of nitriles is 1. The fraction of sp³-hybridized carbons (Fsp3) is 0.722. The number of sulfonamides is 1. The summed E-state index contributed by atoms with van der Waals surface area (Å²) in [6, 6.07) is 1.07. The van der Waals surface area contributed by atoms with Gasteiger partial charge in [-0.05, 0) is 19.8 Å². The van der Waals surface area contributed by atoms with E-state index in [1.807, 2.05) is 6.07 Å². The quantitative estimate of drug-likeness (QED) is 0.672. The number of hydrogen-bond donors (Lipinski definition) is 2. The molecule has 2 aliphatic rings. The van der Waals surface area contributed by atoms with E-state index < -0.39 is 52.7 Å². The Bertz CT molecular complexity index is 969. The third-order valence-corrected chi connectivity index (χ3v) is 6.77. The molecule has 9 nitrogen and oxygen atoms in total. The van der Waals surface area contributed by atoms with E-state index in [1.165, 1.54) is 6.92 Å². The van der Waals surface area contributed by atoms with Crippen molar-refractivity contribution in [3.63, 3.8) is 0 Å². The smallest absolute Gasteiger partial charge is 0.251 e. The van der Waals surface area contributed by atoms with Crippen LogP contribution >= 0.6 is 0 Å². The Balaban J connectivity index is 1.74. The maximum Gasteiger partial charge on any atom is 0.251 e. The third-order valence-electron chi connectivity index (χ3n) is 5.50. The summed E-state index contributed by atoms with van der Waals surface area (Å²) in [4.78, 5) is 8.03. The summed E-state index contributed by atoms with van der Waals surface area (Å²) in [6.45, 7) is 1.05. The Morgan fingerprint density at radius 2 is 2.13 bits per heavy atom. The maximum absolute atomic E-state index is 14.5. The molecule has 4 atom stereocenters. The van der Waals surface area contributed by atoms with E-state index in [-0.39, 0.29) is 43.3 Å². The second kappa shape index (κ2) is 8.40. The predicted molar refractivity (Wildman–Crippen MR) is 104 cm³/mol. The summed E-state index contributed by atoms with van der Waals surface area (Å²) >= 11 is 0. The number of hydrogen-bond acceptors (Lipinski definition) is 8. The first-order valence-corrected chi connectivity index (χ1v) is 11.6. The first kappa shape index (κ1) is 23.5. The lowest BCUT2D eigenvalue weighted by molar-refractivity contribution is -0.162. The zero-order chi connectivity index (χ0) is 23.0.